The number of alkyl halides is 1. The van der Waals surface area contributed by atoms with Crippen LogP contribution in [0, 0.1) is 5.82 Å². The summed E-state index contributed by atoms with van der Waals surface area (Å²) in [6.45, 7) is 0. The van der Waals surface area contributed by atoms with Crippen molar-refractivity contribution >= 4 is 27.5 Å². The Morgan fingerprint density at radius 2 is 2.12 bits per heavy atom. The van der Waals surface area contributed by atoms with Crippen molar-refractivity contribution in [3.05, 3.63) is 52.5 Å². The minimum Gasteiger partial charge on any atom is -0.453 e. The molecule has 0 saturated carbocycles. The zero-order valence-corrected chi connectivity index (χ0v) is 11.0. The maximum atomic E-state index is 13.6. The molecule has 17 heavy (non-hydrogen) atoms. The summed E-state index contributed by atoms with van der Waals surface area (Å²) in [7, 11) is 0. The molecule has 0 radical (unpaired) electrons. The zero-order chi connectivity index (χ0) is 12.3. The molecule has 0 aliphatic carbocycles. The normalized spacial score (nSPS) is 10.3. The zero-order valence-electron chi connectivity index (χ0n) is 8.66. The summed E-state index contributed by atoms with van der Waals surface area (Å²) < 4.78 is 19.8. The van der Waals surface area contributed by atoms with Gasteiger partial charge in [-0.25, -0.2) is 4.39 Å². The number of ether oxygens (including phenoxy) is 1. The fourth-order valence-electron chi connectivity index (χ4n) is 1.29. The van der Waals surface area contributed by atoms with E-state index < -0.39 is 5.82 Å². The molecule has 1 aromatic heterocycles. The van der Waals surface area contributed by atoms with Crippen LogP contribution in [0.25, 0.3) is 0 Å². The molecule has 1 heterocycles. The lowest BCUT2D eigenvalue weighted by Crippen LogP contribution is -1.90. The molecule has 0 amide bonds. The molecule has 2 rings (SSSR count). The minimum atomic E-state index is -0.442. The van der Waals surface area contributed by atoms with E-state index in [1.165, 1.54) is 12.3 Å². The van der Waals surface area contributed by atoms with Crippen LogP contribution in [0.4, 0.5) is 4.39 Å². The van der Waals surface area contributed by atoms with E-state index in [-0.39, 0.29) is 11.6 Å². The Kier molecular flexibility index (Phi) is 3.97. The molecule has 0 spiro atoms. The molecule has 0 aliphatic heterocycles. The van der Waals surface area contributed by atoms with Gasteiger partial charge in [0.05, 0.1) is 6.20 Å². The highest BCUT2D eigenvalue weighted by molar-refractivity contribution is 9.10. The van der Waals surface area contributed by atoms with Crippen molar-refractivity contribution in [3.8, 4) is 11.5 Å². The van der Waals surface area contributed by atoms with Crippen LogP contribution in [0.3, 0.4) is 0 Å². The lowest BCUT2D eigenvalue weighted by Gasteiger charge is -2.07. The van der Waals surface area contributed by atoms with E-state index in [0.29, 0.717) is 11.3 Å². The number of hydrogen-bond acceptors (Lipinski definition) is 2. The van der Waals surface area contributed by atoms with Crippen molar-refractivity contribution in [2.75, 3.05) is 0 Å². The largest absolute Gasteiger partial charge is 0.453 e. The third-order valence-corrected chi connectivity index (χ3v) is 2.80. The maximum absolute atomic E-state index is 13.6. The van der Waals surface area contributed by atoms with Crippen LogP contribution in [0.5, 0.6) is 11.5 Å². The monoisotopic (exact) mass is 315 g/mol. The summed E-state index contributed by atoms with van der Waals surface area (Å²) in [6.07, 6.45) is 3.14. The molecule has 0 N–H and O–H groups in total. The summed E-state index contributed by atoms with van der Waals surface area (Å²) in [4.78, 5) is 3.93. The van der Waals surface area contributed by atoms with Gasteiger partial charge in [0.15, 0.2) is 11.6 Å². The fourth-order valence-corrected chi connectivity index (χ4v) is 1.80. The number of hydrogen-bond donors (Lipinski definition) is 0. The Labute approximate surface area is 112 Å². The first kappa shape index (κ1) is 12.3. The van der Waals surface area contributed by atoms with Gasteiger partial charge in [0.1, 0.15) is 5.75 Å². The van der Waals surface area contributed by atoms with Crippen LogP contribution in [-0.2, 0) is 5.88 Å². The molecule has 5 heteroatoms. The summed E-state index contributed by atoms with van der Waals surface area (Å²) in [6, 6.07) is 6.33. The molecule has 2 aromatic rings. The summed E-state index contributed by atoms with van der Waals surface area (Å²) in [5.74, 6) is 0.453. The van der Waals surface area contributed by atoms with Gasteiger partial charge < -0.3 is 4.74 Å². The second-order valence-electron chi connectivity index (χ2n) is 3.34. The average molecular weight is 317 g/mol. The first-order valence-corrected chi connectivity index (χ1v) is 6.14. The Balaban J connectivity index is 2.24. The highest BCUT2D eigenvalue weighted by Gasteiger charge is 2.06. The van der Waals surface area contributed by atoms with Crippen molar-refractivity contribution in [3.63, 3.8) is 0 Å². The third kappa shape index (κ3) is 3.17. The fraction of sp³-hybridized carbons (Fsp3) is 0.0833. The summed E-state index contributed by atoms with van der Waals surface area (Å²) in [5.41, 5.74) is 0.712. The lowest BCUT2D eigenvalue weighted by atomic mass is 10.2. The van der Waals surface area contributed by atoms with Gasteiger partial charge in [-0.2, -0.15) is 0 Å². The quantitative estimate of drug-likeness (QED) is 0.777. The summed E-state index contributed by atoms with van der Waals surface area (Å²) >= 11 is 8.87. The van der Waals surface area contributed by atoms with E-state index in [4.69, 9.17) is 16.3 Å². The summed E-state index contributed by atoms with van der Waals surface area (Å²) in [5, 5.41) is 0. The number of nitrogens with zero attached hydrogens (tertiary/aromatic N) is 1. The number of benzene rings is 1. The van der Waals surface area contributed by atoms with E-state index in [2.05, 4.69) is 20.9 Å². The van der Waals surface area contributed by atoms with Gasteiger partial charge in [-0.05, 0) is 39.7 Å². The first-order valence-electron chi connectivity index (χ1n) is 4.82. The SMILES string of the molecule is Fc1cc(CCl)ccc1Oc1cncc(Br)c1. The molecule has 1 aromatic carbocycles. The van der Waals surface area contributed by atoms with E-state index in [1.807, 2.05) is 0 Å². The van der Waals surface area contributed by atoms with Crippen molar-refractivity contribution in [1.82, 2.24) is 4.98 Å². The van der Waals surface area contributed by atoms with Crippen molar-refractivity contribution in [1.29, 1.82) is 0 Å². The van der Waals surface area contributed by atoms with Crippen LogP contribution < -0.4 is 4.74 Å². The number of pyridine rings is 1. The van der Waals surface area contributed by atoms with E-state index in [9.17, 15) is 4.39 Å². The molecule has 88 valence electrons. The molecule has 0 unspecified atom stereocenters. The Morgan fingerprint density at radius 3 is 2.76 bits per heavy atom. The van der Waals surface area contributed by atoms with Crippen LogP contribution in [0.2, 0.25) is 0 Å². The molecule has 0 aliphatic rings. The predicted octanol–water partition coefficient (Wildman–Crippen LogP) is 4.51. The highest BCUT2D eigenvalue weighted by Crippen LogP contribution is 2.26. The van der Waals surface area contributed by atoms with Gasteiger partial charge in [-0.15, -0.1) is 11.6 Å². The molecule has 0 saturated heterocycles. The third-order valence-electron chi connectivity index (χ3n) is 2.06. The van der Waals surface area contributed by atoms with E-state index in [1.54, 1.807) is 24.4 Å². The molecule has 0 bridgehead atoms. The molecular weight excluding hydrogens is 308 g/mol. The Morgan fingerprint density at radius 1 is 1.29 bits per heavy atom. The Bertz CT molecular complexity index is 536. The van der Waals surface area contributed by atoms with Crippen LogP contribution >= 0.6 is 27.5 Å². The van der Waals surface area contributed by atoms with Crippen molar-refractivity contribution in [2.24, 2.45) is 0 Å². The smallest absolute Gasteiger partial charge is 0.166 e. The second-order valence-corrected chi connectivity index (χ2v) is 4.52. The van der Waals surface area contributed by atoms with Gasteiger partial charge in [-0.1, -0.05) is 6.07 Å². The van der Waals surface area contributed by atoms with Gasteiger partial charge in [0.25, 0.3) is 0 Å². The van der Waals surface area contributed by atoms with Crippen molar-refractivity contribution < 1.29 is 9.13 Å². The Hall–Kier alpha value is -1.13. The molecule has 2 nitrogen and oxygen atoms in total. The molecule has 0 fully saturated rings. The second kappa shape index (κ2) is 5.47. The average Bonchev–Trinajstić information content (AvgIpc) is 2.32. The van der Waals surface area contributed by atoms with Gasteiger partial charge >= 0.3 is 0 Å². The number of halogens is 3. The topological polar surface area (TPSA) is 22.1 Å². The first-order chi connectivity index (χ1) is 8.19. The van der Waals surface area contributed by atoms with Gasteiger partial charge in [0, 0.05) is 16.5 Å². The van der Waals surface area contributed by atoms with E-state index in [0.717, 1.165) is 4.47 Å². The minimum absolute atomic E-state index is 0.152. The standard InChI is InChI=1S/C12H8BrClFNO/c13-9-4-10(7-16-6-9)17-12-2-1-8(5-14)3-11(12)15/h1-4,6-7H,5H2. The number of rotatable bonds is 3. The highest BCUT2D eigenvalue weighted by atomic mass is 79.9. The maximum Gasteiger partial charge on any atom is 0.166 e. The van der Waals surface area contributed by atoms with Crippen LogP contribution in [0.15, 0.2) is 41.1 Å². The number of aromatic nitrogens is 1. The van der Waals surface area contributed by atoms with Crippen LogP contribution in [0.1, 0.15) is 5.56 Å². The van der Waals surface area contributed by atoms with E-state index >= 15 is 0 Å². The van der Waals surface area contributed by atoms with Gasteiger partial charge in [0.2, 0.25) is 0 Å². The van der Waals surface area contributed by atoms with Crippen molar-refractivity contribution in [2.45, 2.75) is 5.88 Å². The van der Waals surface area contributed by atoms with Crippen LogP contribution in [-0.4, -0.2) is 4.98 Å². The lowest BCUT2D eigenvalue weighted by molar-refractivity contribution is 0.440. The van der Waals surface area contributed by atoms with Gasteiger partial charge in [-0.3, -0.25) is 4.98 Å². The predicted molar refractivity (Wildman–Crippen MR) is 68.0 cm³/mol. The molecular formula is C12H8BrClFNO. The molecule has 0 atom stereocenters.